The van der Waals surface area contributed by atoms with Crippen molar-refractivity contribution in [3.63, 3.8) is 0 Å². The second-order valence-electron chi connectivity index (χ2n) is 4.38. The van der Waals surface area contributed by atoms with E-state index in [1.54, 1.807) is 20.8 Å². The molecule has 1 amide bonds. The lowest BCUT2D eigenvalue weighted by Gasteiger charge is -2.26. The molecule has 0 fully saturated rings. The van der Waals surface area contributed by atoms with Crippen LogP contribution in [-0.4, -0.2) is 42.8 Å². The Kier molecular flexibility index (Phi) is 9.94. The molecule has 112 valence electrons. The predicted octanol–water partition coefficient (Wildman–Crippen LogP) is 2.98. The molecule has 0 aromatic heterocycles. The molecule has 0 radical (unpaired) electrons. The number of hydrogen-bond donors (Lipinski definition) is 0. The third-order valence-electron chi connectivity index (χ3n) is 2.85. The van der Waals surface area contributed by atoms with Gasteiger partial charge in [-0.25, -0.2) is 9.59 Å². The number of rotatable bonds is 9. The molecule has 0 aliphatic heterocycles. The first-order valence-corrected chi connectivity index (χ1v) is 7.18. The minimum atomic E-state index is -0.597. The first-order chi connectivity index (χ1) is 9.08. The van der Waals surface area contributed by atoms with Gasteiger partial charge in [-0.2, -0.15) is 0 Å². The fourth-order valence-electron chi connectivity index (χ4n) is 1.75. The Morgan fingerprint density at radius 3 is 2.16 bits per heavy atom. The molecule has 0 spiro atoms. The molecule has 0 saturated carbocycles. The number of hydrogen-bond acceptors (Lipinski definition) is 4. The van der Waals surface area contributed by atoms with Crippen molar-refractivity contribution < 1.29 is 19.1 Å². The van der Waals surface area contributed by atoms with E-state index in [2.05, 4.69) is 6.92 Å². The summed E-state index contributed by atoms with van der Waals surface area (Å²) in [7, 11) is 0. The van der Waals surface area contributed by atoms with Crippen molar-refractivity contribution >= 4 is 12.1 Å². The van der Waals surface area contributed by atoms with E-state index in [-0.39, 0.29) is 5.97 Å². The first-order valence-electron chi connectivity index (χ1n) is 7.18. The number of carbonyl (C=O) groups is 2. The summed E-state index contributed by atoms with van der Waals surface area (Å²) in [6.07, 6.45) is 3.73. The van der Waals surface area contributed by atoms with Gasteiger partial charge in [-0.15, -0.1) is 0 Å². The smallest absolute Gasteiger partial charge is 0.410 e. The molecule has 0 aromatic rings. The van der Waals surface area contributed by atoms with Crippen molar-refractivity contribution in [2.75, 3.05) is 19.8 Å². The molecule has 0 unspecified atom stereocenters. The molecule has 0 rings (SSSR count). The van der Waals surface area contributed by atoms with E-state index in [4.69, 9.17) is 9.47 Å². The summed E-state index contributed by atoms with van der Waals surface area (Å²) in [5.41, 5.74) is 0. The molecular weight excluding hydrogens is 246 g/mol. The van der Waals surface area contributed by atoms with E-state index in [1.807, 2.05) is 0 Å². The minimum absolute atomic E-state index is 0.305. The quantitative estimate of drug-likeness (QED) is 0.478. The van der Waals surface area contributed by atoms with Crippen molar-refractivity contribution in [1.82, 2.24) is 4.90 Å². The van der Waals surface area contributed by atoms with Gasteiger partial charge in [0.25, 0.3) is 0 Å². The summed E-state index contributed by atoms with van der Waals surface area (Å²) in [4.78, 5) is 25.0. The summed E-state index contributed by atoms with van der Waals surface area (Å²) < 4.78 is 9.94. The number of carbonyl (C=O) groups excluding carboxylic acids is 2. The molecule has 0 aromatic carbocycles. The Morgan fingerprint density at radius 2 is 1.63 bits per heavy atom. The summed E-state index contributed by atoms with van der Waals surface area (Å²) in [5, 5.41) is 0. The highest BCUT2D eigenvalue weighted by atomic mass is 16.6. The summed E-state index contributed by atoms with van der Waals surface area (Å²) in [5.74, 6) is -0.383. The number of nitrogens with zero attached hydrogens (tertiary/aromatic N) is 1. The molecular formula is C14H27NO4. The number of amides is 1. The Morgan fingerprint density at radius 1 is 1.00 bits per heavy atom. The molecule has 5 heteroatoms. The number of ether oxygens (including phenoxy) is 2. The van der Waals surface area contributed by atoms with E-state index >= 15 is 0 Å². The van der Waals surface area contributed by atoms with Gasteiger partial charge in [0.05, 0.1) is 13.2 Å². The van der Waals surface area contributed by atoms with Crippen LogP contribution in [0.5, 0.6) is 0 Å². The van der Waals surface area contributed by atoms with E-state index < -0.39 is 12.1 Å². The van der Waals surface area contributed by atoms with Gasteiger partial charge in [0.15, 0.2) is 0 Å². The lowest BCUT2D eigenvalue weighted by molar-refractivity contribution is -0.148. The van der Waals surface area contributed by atoms with Gasteiger partial charge in [0.2, 0.25) is 0 Å². The molecule has 0 N–H and O–H groups in total. The van der Waals surface area contributed by atoms with Gasteiger partial charge in [0, 0.05) is 6.54 Å². The average molecular weight is 273 g/mol. The number of esters is 1. The van der Waals surface area contributed by atoms with Crippen LogP contribution < -0.4 is 0 Å². The van der Waals surface area contributed by atoms with Crippen LogP contribution >= 0.6 is 0 Å². The molecule has 19 heavy (non-hydrogen) atoms. The van der Waals surface area contributed by atoms with Crippen molar-refractivity contribution in [2.24, 2.45) is 0 Å². The highest BCUT2D eigenvalue weighted by Crippen LogP contribution is 2.09. The third kappa shape index (κ3) is 7.03. The Bertz CT molecular complexity index is 268. The fourth-order valence-corrected chi connectivity index (χ4v) is 1.75. The Hall–Kier alpha value is -1.26. The first kappa shape index (κ1) is 17.7. The van der Waals surface area contributed by atoms with Gasteiger partial charge in [-0.3, -0.25) is 4.90 Å². The zero-order valence-electron chi connectivity index (χ0n) is 12.6. The standard InChI is InChI=1S/C14H27NO4/c1-5-8-9-10-11-15(14(17)19-7-3)12(4)13(16)18-6-2/h12H,5-11H2,1-4H3/t12-/m0/s1. The topological polar surface area (TPSA) is 55.8 Å². The lowest BCUT2D eigenvalue weighted by atomic mass is 10.2. The fraction of sp³-hybridized carbons (Fsp3) is 0.857. The van der Waals surface area contributed by atoms with Crippen LogP contribution in [0.15, 0.2) is 0 Å². The predicted molar refractivity (Wildman–Crippen MR) is 74.0 cm³/mol. The SMILES string of the molecule is CCCCCCN(C(=O)OCC)[C@@H](C)C(=O)OCC. The molecule has 0 aliphatic rings. The van der Waals surface area contributed by atoms with E-state index in [9.17, 15) is 9.59 Å². The van der Waals surface area contributed by atoms with Crippen LogP contribution in [0.1, 0.15) is 53.4 Å². The van der Waals surface area contributed by atoms with Crippen LogP contribution in [-0.2, 0) is 14.3 Å². The monoisotopic (exact) mass is 273 g/mol. The third-order valence-corrected chi connectivity index (χ3v) is 2.85. The van der Waals surface area contributed by atoms with E-state index in [1.165, 1.54) is 4.90 Å². The summed E-state index contributed by atoms with van der Waals surface area (Å²) >= 11 is 0. The zero-order chi connectivity index (χ0) is 14.7. The molecule has 0 bridgehead atoms. The maximum absolute atomic E-state index is 11.9. The second kappa shape index (κ2) is 10.6. The zero-order valence-corrected chi connectivity index (χ0v) is 12.6. The van der Waals surface area contributed by atoms with Crippen LogP contribution in [0.25, 0.3) is 0 Å². The normalized spacial score (nSPS) is 11.8. The minimum Gasteiger partial charge on any atom is -0.464 e. The van der Waals surface area contributed by atoms with Gasteiger partial charge >= 0.3 is 12.1 Å². The maximum atomic E-state index is 11.9. The molecule has 1 atom stereocenters. The van der Waals surface area contributed by atoms with Gasteiger partial charge in [0.1, 0.15) is 6.04 Å². The molecule has 0 saturated heterocycles. The van der Waals surface area contributed by atoms with E-state index in [0.717, 1.165) is 25.7 Å². The van der Waals surface area contributed by atoms with Crippen molar-refractivity contribution in [3.8, 4) is 0 Å². The molecule has 0 heterocycles. The van der Waals surface area contributed by atoms with Gasteiger partial charge in [-0.05, 0) is 27.2 Å². The van der Waals surface area contributed by atoms with Crippen LogP contribution in [0.3, 0.4) is 0 Å². The molecule has 0 aliphatic carbocycles. The van der Waals surface area contributed by atoms with Crippen LogP contribution in [0.4, 0.5) is 4.79 Å². The largest absolute Gasteiger partial charge is 0.464 e. The molecule has 5 nitrogen and oxygen atoms in total. The van der Waals surface area contributed by atoms with E-state index in [0.29, 0.717) is 19.8 Å². The van der Waals surface area contributed by atoms with Gasteiger partial charge < -0.3 is 9.47 Å². The number of unbranched alkanes of at least 4 members (excludes halogenated alkanes) is 3. The van der Waals surface area contributed by atoms with Crippen LogP contribution in [0.2, 0.25) is 0 Å². The van der Waals surface area contributed by atoms with Crippen molar-refractivity contribution in [2.45, 2.75) is 59.4 Å². The highest BCUT2D eigenvalue weighted by molar-refractivity contribution is 5.81. The van der Waals surface area contributed by atoms with Crippen molar-refractivity contribution in [1.29, 1.82) is 0 Å². The maximum Gasteiger partial charge on any atom is 0.410 e. The Labute approximate surface area is 116 Å². The highest BCUT2D eigenvalue weighted by Gasteiger charge is 2.27. The summed E-state index contributed by atoms with van der Waals surface area (Å²) in [6, 6.07) is -0.597. The lowest BCUT2D eigenvalue weighted by Crippen LogP contribution is -2.44. The van der Waals surface area contributed by atoms with Crippen molar-refractivity contribution in [3.05, 3.63) is 0 Å². The van der Waals surface area contributed by atoms with Crippen LogP contribution in [0, 0.1) is 0 Å². The Balaban J connectivity index is 4.47. The second-order valence-corrected chi connectivity index (χ2v) is 4.38. The average Bonchev–Trinajstić information content (AvgIpc) is 2.38. The van der Waals surface area contributed by atoms with Gasteiger partial charge in [-0.1, -0.05) is 26.2 Å². The summed E-state index contributed by atoms with van der Waals surface area (Å²) in [6.45, 7) is 8.45.